The predicted molar refractivity (Wildman–Crippen MR) is 130 cm³/mol. The minimum absolute atomic E-state index is 0.0229. The Hall–Kier alpha value is -3.34. The predicted octanol–water partition coefficient (Wildman–Crippen LogP) is 4.48. The zero-order valence-electron chi connectivity index (χ0n) is 20.3. The summed E-state index contributed by atoms with van der Waals surface area (Å²) in [6, 6.07) is 3.75. The number of hydrogen-bond acceptors (Lipinski definition) is 6. The molecule has 1 aliphatic heterocycles. The lowest BCUT2D eigenvalue weighted by molar-refractivity contribution is -0.133. The quantitative estimate of drug-likeness (QED) is 0.542. The van der Waals surface area contributed by atoms with Gasteiger partial charge in [-0.05, 0) is 24.8 Å². The van der Waals surface area contributed by atoms with Crippen molar-refractivity contribution in [1.82, 2.24) is 15.2 Å². The van der Waals surface area contributed by atoms with Crippen LogP contribution in [-0.4, -0.2) is 46.9 Å². The van der Waals surface area contributed by atoms with Crippen molar-refractivity contribution in [3.05, 3.63) is 36.2 Å². The molecule has 2 aromatic heterocycles. The van der Waals surface area contributed by atoms with Gasteiger partial charge in [0, 0.05) is 31.4 Å². The molecule has 1 saturated heterocycles. The smallest absolute Gasteiger partial charge is 0.256 e. The molecule has 2 N–H and O–H groups in total. The molecule has 0 bridgehead atoms. The van der Waals surface area contributed by atoms with Crippen LogP contribution in [0, 0.1) is 17.2 Å². The van der Waals surface area contributed by atoms with E-state index in [1.807, 2.05) is 26.0 Å². The number of nitrogens with one attached hydrogen (secondary N) is 2. The summed E-state index contributed by atoms with van der Waals surface area (Å²) < 4.78 is 5.56. The Balaban J connectivity index is 0.00000187. The Labute approximate surface area is 196 Å². The van der Waals surface area contributed by atoms with Crippen LogP contribution in [-0.2, 0) is 4.79 Å². The molecule has 2 aromatic rings. The average Bonchev–Trinajstić information content (AvgIpc) is 3.15. The molecule has 0 aromatic carbocycles. The maximum absolute atomic E-state index is 12.9. The van der Waals surface area contributed by atoms with Crippen molar-refractivity contribution in [3.63, 3.8) is 0 Å². The van der Waals surface area contributed by atoms with Crippen LogP contribution >= 0.6 is 0 Å². The molecule has 1 fully saturated rings. The third kappa shape index (κ3) is 6.35. The molecule has 3 rings (SSSR count). The van der Waals surface area contributed by atoms with Crippen LogP contribution in [0.25, 0.3) is 11.0 Å². The lowest BCUT2D eigenvalue weighted by Gasteiger charge is -2.38. The fourth-order valence-corrected chi connectivity index (χ4v) is 3.75. The molecular weight excluding hydrogens is 418 g/mol. The van der Waals surface area contributed by atoms with Crippen molar-refractivity contribution in [2.75, 3.05) is 18.4 Å². The summed E-state index contributed by atoms with van der Waals surface area (Å²) in [6.07, 6.45) is 6.26. The summed E-state index contributed by atoms with van der Waals surface area (Å²) in [7, 11) is 0. The summed E-state index contributed by atoms with van der Waals surface area (Å²) in [5.41, 5.74) is 0.583. The molecule has 33 heavy (non-hydrogen) atoms. The zero-order valence-corrected chi connectivity index (χ0v) is 20.3. The minimum atomic E-state index is -0.386. The number of hydrogen-bond donors (Lipinski definition) is 2. The number of nitrogens with zero attached hydrogens (tertiary/aromatic N) is 3. The highest BCUT2D eigenvalue weighted by Gasteiger charge is 2.32. The van der Waals surface area contributed by atoms with E-state index in [0.717, 1.165) is 19.3 Å². The minimum Gasteiger partial charge on any atom is -0.443 e. The third-order valence-electron chi connectivity index (χ3n) is 5.75. The van der Waals surface area contributed by atoms with E-state index >= 15 is 0 Å². The number of aromatic nitrogens is 1. The van der Waals surface area contributed by atoms with Crippen LogP contribution in [0.4, 0.5) is 5.82 Å². The number of carbonyl (C=O) groups is 2. The van der Waals surface area contributed by atoms with Crippen molar-refractivity contribution < 1.29 is 14.0 Å². The summed E-state index contributed by atoms with van der Waals surface area (Å²) in [5, 5.41) is 16.3. The number of pyridine rings is 1. The van der Waals surface area contributed by atoms with Gasteiger partial charge in [-0.15, -0.1) is 6.58 Å². The lowest BCUT2D eigenvalue weighted by Crippen LogP contribution is -2.60. The first kappa shape index (κ1) is 25.9. The molecule has 2 unspecified atom stereocenters. The van der Waals surface area contributed by atoms with Crippen LogP contribution < -0.4 is 10.6 Å². The fourth-order valence-electron chi connectivity index (χ4n) is 3.75. The SMILES string of the molecule is C=CCC(CC(C)CC)Nc1cc2c(C(=O)NC3CN(C(C)=O)C3)c(C#N)oc2cn1.CC. The number of amides is 2. The summed E-state index contributed by atoms with van der Waals surface area (Å²) >= 11 is 0. The van der Waals surface area contributed by atoms with Crippen LogP contribution in [0.5, 0.6) is 0 Å². The highest BCUT2D eigenvalue weighted by Crippen LogP contribution is 2.28. The van der Waals surface area contributed by atoms with Crippen molar-refractivity contribution in [2.45, 2.75) is 66.0 Å². The van der Waals surface area contributed by atoms with E-state index in [-0.39, 0.29) is 35.2 Å². The van der Waals surface area contributed by atoms with Gasteiger partial charge < -0.3 is 20.0 Å². The van der Waals surface area contributed by atoms with E-state index in [0.29, 0.717) is 35.8 Å². The molecule has 8 nitrogen and oxygen atoms in total. The molecule has 2 atom stereocenters. The molecule has 0 spiro atoms. The van der Waals surface area contributed by atoms with E-state index in [2.05, 4.69) is 36.0 Å². The molecule has 8 heteroatoms. The van der Waals surface area contributed by atoms with E-state index in [1.165, 1.54) is 13.1 Å². The molecular formula is C25H35N5O3. The van der Waals surface area contributed by atoms with Gasteiger partial charge in [-0.2, -0.15) is 5.26 Å². The second-order valence-corrected chi connectivity index (χ2v) is 8.19. The number of fused-ring (bicyclic) bond motifs is 1. The standard InChI is InChI=1S/C23H29N5O3.C2H6/c1-5-7-16(8-14(3)6-2)26-21-9-18-20(11-25-21)31-19(10-24)22(18)23(30)27-17-12-28(13-17)15(4)29;1-2/h5,9,11,14,16-17H,1,6-8,12-13H2,2-4H3,(H,25,26)(H,27,30);1-2H3. The maximum atomic E-state index is 12.9. The van der Waals surface area contributed by atoms with Gasteiger partial charge in [-0.1, -0.05) is 40.2 Å². The number of likely N-dealkylation sites (tertiary alicyclic amines) is 1. The maximum Gasteiger partial charge on any atom is 0.256 e. The second-order valence-electron chi connectivity index (χ2n) is 8.19. The zero-order chi connectivity index (χ0) is 24.5. The Kier molecular flexibility index (Phi) is 9.46. The molecule has 2 amide bonds. The fraction of sp³-hybridized carbons (Fsp3) is 0.520. The van der Waals surface area contributed by atoms with Gasteiger partial charge in [0.05, 0.1) is 12.2 Å². The van der Waals surface area contributed by atoms with Gasteiger partial charge in [0.15, 0.2) is 5.58 Å². The van der Waals surface area contributed by atoms with Crippen LogP contribution in [0.3, 0.4) is 0 Å². The van der Waals surface area contributed by atoms with E-state index in [1.54, 1.807) is 11.0 Å². The normalized spacial score (nSPS) is 14.8. The Morgan fingerprint density at radius 1 is 1.42 bits per heavy atom. The first-order valence-electron chi connectivity index (χ1n) is 11.6. The summed E-state index contributed by atoms with van der Waals surface area (Å²) in [4.78, 5) is 30.3. The topological polar surface area (TPSA) is 111 Å². The largest absolute Gasteiger partial charge is 0.443 e. The van der Waals surface area contributed by atoms with Gasteiger partial charge in [0.25, 0.3) is 5.91 Å². The summed E-state index contributed by atoms with van der Waals surface area (Å²) in [5.74, 6) is 0.719. The Bertz CT molecular complexity index is 1020. The van der Waals surface area contributed by atoms with Crippen LogP contribution in [0.15, 0.2) is 29.3 Å². The highest BCUT2D eigenvalue weighted by atomic mass is 16.3. The van der Waals surface area contributed by atoms with Gasteiger partial charge >= 0.3 is 0 Å². The van der Waals surface area contributed by atoms with Gasteiger partial charge in [0.2, 0.25) is 11.7 Å². The Morgan fingerprint density at radius 3 is 2.70 bits per heavy atom. The Morgan fingerprint density at radius 2 is 2.12 bits per heavy atom. The van der Waals surface area contributed by atoms with E-state index < -0.39 is 0 Å². The summed E-state index contributed by atoms with van der Waals surface area (Å²) in [6.45, 7) is 14.6. The van der Waals surface area contributed by atoms with E-state index in [4.69, 9.17) is 4.42 Å². The van der Waals surface area contributed by atoms with Crippen molar-refractivity contribution >= 4 is 28.6 Å². The number of carbonyl (C=O) groups excluding carboxylic acids is 2. The molecule has 3 heterocycles. The third-order valence-corrected chi connectivity index (χ3v) is 5.75. The lowest BCUT2D eigenvalue weighted by atomic mass is 9.97. The molecule has 1 aliphatic rings. The molecule has 0 radical (unpaired) electrons. The monoisotopic (exact) mass is 453 g/mol. The first-order chi connectivity index (χ1) is 15.9. The molecule has 0 aliphatic carbocycles. The average molecular weight is 454 g/mol. The molecule has 178 valence electrons. The number of furan rings is 1. The van der Waals surface area contributed by atoms with Gasteiger partial charge in [-0.25, -0.2) is 4.98 Å². The van der Waals surface area contributed by atoms with Gasteiger partial charge in [-0.3, -0.25) is 9.59 Å². The van der Waals surface area contributed by atoms with Crippen molar-refractivity contribution in [1.29, 1.82) is 5.26 Å². The van der Waals surface area contributed by atoms with Crippen molar-refractivity contribution in [2.24, 2.45) is 5.92 Å². The highest BCUT2D eigenvalue weighted by molar-refractivity contribution is 6.08. The first-order valence-corrected chi connectivity index (χ1v) is 11.6. The van der Waals surface area contributed by atoms with E-state index in [9.17, 15) is 14.9 Å². The number of nitriles is 1. The molecule has 0 saturated carbocycles. The number of anilines is 1. The van der Waals surface area contributed by atoms with Crippen LogP contribution in [0.2, 0.25) is 0 Å². The van der Waals surface area contributed by atoms with Crippen LogP contribution in [0.1, 0.15) is 70.0 Å². The second kappa shape index (κ2) is 12.0. The number of rotatable bonds is 9. The van der Waals surface area contributed by atoms with Gasteiger partial charge in [0.1, 0.15) is 17.5 Å². The van der Waals surface area contributed by atoms with Crippen molar-refractivity contribution in [3.8, 4) is 6.07 Å².